The van der Waals surface area contributed by atoms with Crippen LogP contribution in [0.2, 0.25) is 5.02 Å². The predicted molar refractivity (Wildman–Crippen MR) is 75.3 cm³/mol. The highest BCUT2D eigenvalue weighted by Crippen LogP contribution is 2.34. The van der Waals surface area contributed by atoms with Crippen molar-refractivity contribution in [3.63, 3.8) is 0 Å². The van der Waals surface area contributed by atoms with Crippen molar-refractivity contribution >= 4 is 11.6 Å². The molecule has 0 fully saturated rings. The number of aryl methyl sites for hydroxylation is 1. The minimum atomic E-state index is -0.338. The molecule has 19 heavy (non-hydrogen) atoms. The largest absolute Gasteiger partial charge is 0.455 e. The summed E-state index contributed by atoms with van der Waals surface area (Å²) in [6.45, 7) is 3.72. The third-order valence-corrected chi connectivity index (χ3v) is 3.08. The molecule has 0 spiro atoms. The van der Waals surface area contributed by atoms with Crippen LogP contribution >= 0.6 is 11.6 Å². The Morgan fingerprint density at radius 2 is 1.89 bits per heavy atom. The van der Waals surface area contributed by atoms with Gasteiger partial charge < -0.3 is 10.5 Å². The number of rotatable bonds is 3. The van der Waals surface area contributed by atoms with E-state index in [2.05, 4.69) is 0 Å². The Morgan fingerprint density at radius 1 is 1.16 bits per heavy atom. The summed E-state index contributed by atoms with van der Waals surface area (Å²) < 4.78 is 19.0. The Morgan fingerprint density at radius 3 is 2.58 bits per heavy atom. The van der Waals surface area contributed by atoms with Crippen LogP contribution in [0.15, 0.2) is 36.4 Å². The number of nitrogens with two attached hydrogens (primary N) is 1. The van der Waals surface area contributed by atoms with Gasteiger partial charge in [-0.15, -0.1) is 0 Å². The molecule has 0 saturated carbocycles. The van der Waals surface area contributed by atoms with Gasteiger partial charge in [0, 0.05) is 11.6 Å². The second kappa shape index (κ2) is 5.59. The van der Waals surface area contributed by atoms with Crippen molar-refractivity contribution in [1.82, 2.24) is 0 Å². The Hall–Kier alpha value is -1.58. The summed E-state index contributed by atoms with van der Waals surface area (Å²) in [5.41, 5.74) is 7.47. The lowest BCUT2D eigenvalue weighted by Gasteiger charge is -2.15. The first-order valence-corrected chi connectivity index (χ1v) is 6.34. The zero-order chi connectivity index (χ0) is 14.0. The van der Waals surface area contributed by atoms with Gasteiger partial charge in [0.1, 0.15) is 17.3 Å². The summed E-state index contributed by atoms with van der Waals surface area (Å²) in [7, 11) is 0. The predicted octanol–water partition coefficient (Wildman–Crippen LogP) is 4.60. The van der Waals surface area contributed by atoms with Crippen molar-refractivity contribution in [1.29, 1.82) is 0 Å². The lowest BCUT2D eigenvalue weighted by molar-refractivity contribution is 0.469. The highest BCUT2D eigenvalue weighted by atomic mass is 35.5. The number of hydrogen-bond acceptors (Lipinski definition) is 2. The van der Waals surface area contributed by atoms with Crippen molar-refractivity contribution in [3.8, 4) is 11.5 Å². The molecule has 2 N–H and O–H groups in total. The fourth-order valence-electron chi connectivity index (χ4n) is 1.78. The van der Waals surface area contributed by atoms with Crippen molar-refractivity contribution in [2.24, 2.45) is 5.73 Å². The van der Waals surface area contributed by atoms with Crippen LogP contribution in [0.5, 0.6) is 11.5 Å². The van der Waals surface area contributed by atoms with Gasteiger partial charge in [0.05, 0.1) is 5.02 Å². The Labute approximate surface area is 117 Å². The molecule has 0 aliphatic rings. The third-order valence-electron chi connectivity index (χ3n) is 2.77. The van der Waals surface area contributed by atoms with Crippen molar-refractivity contribution in [2.45, 2.75) is 19.9 Å². The fraction of sp³-hybridized carbons (Fsp3) is 0.200. The topological polar surface area (TPSA) is 35.2 Å². The summed E-state index contributed by atoms with van der Waals surface area (Å²) >= 11 is 6.08. The molecule has 2 nitrogen and oxygen atoms in total. The SMILES string of the molecule is Cc1ccc(Cl)c(Oc2ccc(F)cc2[C@@H](C)N)c1. The normalized spacial score (nSPS) is 12.3. The van der Waals surface area contributed by atoms with Crippen LogP contribution in [0, 0.1) is 12.7 Å². The first-order valence-electron chi connectivity index (χ1n) is 5.96. The van der Waals surface area contributed by atoms with Crippen molar-refractivity contribution in [2.75, 3.05) is 0 Å². The maximum Gasteiger partial charge on any atom is 0.146 e. The van der Waals surface area contributed by atoms with Gasteiger partial charge in [-0.3, -0.25) is 0 Å². The summed E-state index contributed by atoms with van der Waals surface area (Å²) in [6, 6.07) is 9.44. The molecular formula is C15H15ClFNO. The van der Waals surface area contributed by atoms with E-state index in [4.69, 9.17) is 22.1 Å². The van der Waals surface area contributed by atoms with E-state index >= 15 is 0 Å². The van der Waals surface area contributed by atoms with Gasteiger partial charge >= 0.3 is 0 Å². The molecule has 0 saturated heterocycles. The second-order valence-electron chi connectivity index (χ2n) is 4.51. The summed E-state index contributed by atoms with van der Waals surface area (Å²) in [4.78, 5) is 0. The molecule has 0 bridgehead atoms. The Bertz CT molecular complexity index is 599. The third kappa shape index (κ3) is 3.25. The monoisotopic (exact) mass is 279 g/mol. The highest BCUT2D eigenvalue weighted by Gasteiger charge is 2.12. The number of ether oxygens (including phenoxy) is 1. The molecule has 0 aromatic heterocycles. The quantitative estimate of drug-likeness (QED) is 0.891. The first kappa shape index (κ1) is 13.8. The number of benzene rings is 2. The van der Waals surface area contributed by atoms with Crippen molar-refractivity contribution in [3.05, 3.63) is 58.4 Å². The molecule has 0 heterocycles. The molecule has 0 amide bonds. The number of hydrogen-bond donors (Lipinski definition) is 1. The first-order chi connectivity index (χ1) is 8.97. The van der Waals surface area contributed by atoms with Gasteiger partial charge in [0.2, 0.25) is 0 Å². The smallest absolute Gasteiger partial charge is 0.146 e. The molecule has 100 valence electrons. The van der Waals surface area contributed by atoms with Crippen LogP contribution in [0.4, 0.5) is 4.39 Å². The highest BCUT2D eigenvalue weighted by molar-refractivity contribution is 6.32. The van der Waals surface area contributed by atoms with Crippen LogP contribution in [0.1, 0.15) is 24.1 Å². The molecule has 0 unspecified atom stereocenters. The Balaban J connectivity index is 2.40. The zero-order valence-electron chi connectivity index (χ0n) is 10.8. The molecule has 2 rings (SSSR count). The van der Waals surface area contributed by atoms with Gasteiger partial charge in [0.25, 0.3) is 0 Å². The minimum absolute atomic E-state index is 0.325. The summed E-state index contributed by atoms with van der Waals surface area (Å²) in [5, 5.41) is 0.505. The van der Waals surface area contributed by atoms with Crippen LogP contribution in [-0.4, -0.2) is 0 Å². The minimum Gasteiger partial charge on any atom is -0.455 e. The van der Waals surface area contributed by atoms with E-state index in [9.17, 15) is 4.39 Å². The van der Waals surface area contributed by atoms with Gasteiger partial charge in [-0.05, 0) is 49.7 Å². The average molecular weight is 280 g/mol. The van der Waals surface area contributed by atoms with E-state index in [1.54, 1.807) is 19.1 Å². The Kier molecular flexibility index (Phi) is 4.08. The van der Waals surface area contributed by atoms with Crippen molar-refractivity contribution < 1.29 is 9.13 Å². The summed E-state index contributed by atoms with van der Waals surface area (Å²) in [6.07, 6.45) is 0. The number of halogens is 2. The fourth-order valence-corrected chi connectivity index (χ4v) is 1.93. The molecule has 2 aromatic rings. The molecule has 0 aliphatic heterocycles. The average Bonchev–Trinajstić information content (AvgIpc) is 2.35. The van der Waals surface area contributed by atoms with E-state index in [0.717, 1.165) is 5.56 Å². The molecule has 0 radical (unpaired) electrons. The maximum atomic E-state index is 13.3. The van der Waals surface area contributed by atoms with E-state index in [1.807, 2.05) is 19.1 Å². The van der Waals surface area contributed by atoms with E-state index in [-0.39, 0.29) is 11.9 Å². The van der Waals surface area contributed by atoms with E-state index in [0.29, 0.717) is 22.1 Å². The molecule has 1 atom stereocenters. The van der Waals surface area contributed by atoms with Crippen LogP contribution < -0.4 is 10.5 Å². The maximum absolute atomic E-state index is 13.3. The lowest BCUT2D eigenvalue weighted by Crippen LogP contribution is -2.07. The van der Waals surface area contributed by atoms with Gasteiger partial charge in [-0.2, -0.15) is 0 Å². The molecular weight excluding hydrogens is 265 g/mol. The van der Waals surface area contributed by atoms with Gasteiger partial charge in [-0.25, -0.2) is 4.39 Å². The van der Waals surface area contributed by atoms with Gasteiger partial charge in [-0.1, -0.05) is 17.7 Å². The zero-order valence-corrected chi connectivity index (χ0v) is 11.5. The lowest BCUT2D eigenvalue weighted by atomic mass is 10.1. The second-order valence-corrected chi connectivity index (χ2v) is 4.91. The van der Waals surface area contributed by atoms with Crippen LogP contribution in [-0.2, 0) is 0 Å². The molecule has 4 heteroatoms. The van der Waals surface area contributed by atoms with E-state index in [1.165, 1.54) is 12.1 Å². The summed E-state index contributed by atoms with van der Waals surface area (Å²) in [5.74, 6) is 0.717. The van der Waals surface area contributed by atoms with E-state index < -0.39 is 0 Å². The standard InChI is InChI=1S/C15H15ClFNO/c1-9-3-5-13(16)15(7-9)19-14-6-4-11(17)8-12(14)10(2)18/h3-8,10H,18H2,1-2H3/t10-/m1/s1. The van der Waals surface area contributed by atoms with Crippen LogP contribution in [0.3, 0.4) is 0 Å². The molecule has 0 aliphatic carbocycles. The van der Waals surface area contributed by atoms with Gasteiger partial charge in [0.15, 0.2) is 0 Å². The molecule has 2 aromatic carbocycles. The van der Waals surface area contributed by atoms with Crippen LogP contribution in [0.25, 0.3) is 0 Å².